The highest BCUT2D eigenvalue weighted by Gasteiger charge is 2.07. The van der Waals surface area contributed by atoms with Gasteiger partial charge in [-0.3, -0.25) is 0 Å². The molecule has 3 heterocycles. The summed E-state index contributed by atoms with van der Waals surface area (Å²) in [6, 6.07) is 12.8. The second-order valence-corrected chi connectivity index (χ2v) is 7.28. The average Bonchev–Trinajstić information content (AvgIpc) is 3.29. The number of hydrogen-bond acceptors (Lipinski definition) is 5. The van der Waals surface area contributed by atoms with Gasteiger partial charge in [0.25, 0.3) is 0 Å². The van der Waals surface area contributed by atoms with Crippen molar-refractivity contribution in [3.63, 3.8) is 0 Å². The quantitative estimate of drug-likeness (QED) is 0.504. The van der Waals surface area contributed by atoms with E-state index in [2.05, 4.69) is 57.4 Å². The van der Waals surface area contributed by atoms with Gasteiger partial charge in [0.15, 0.2) is 0 Å². The third kappa shape index (κ3) is 3.95. The minimum absolute atomic E-state index is 0.668. The molecule has 0 saturated heterocycles. The maximum Gasteiger partial charge on any atom is 0.130 e. The van der Waals surface area contributed by atoms with Crippen LogP contribution in [0, 0.1) is 0 Å². The fourth-order valence-corrected chi connectivity index (χ4v) is 3.90. The lowest BCUT2D eigenvalue weighted by Crippen LogP contribution is -2.06. The minimum atomic E-state index is 0.668. The first kappa shape index (κ1) is 17.5. The monoisotopic (exact) mass is 378 g/mol. The Labute approximate surface area is 162 Å². The number of aromatic nitrogens is 3. The van der Waals surface area contributed by atoms with Crippen molar-refractivity contribution >= 4 is 28.1 Å². The maximum absolute atomic E-state index is 5.53. The predicted molar refractivity (Wildman–Crippen MR) is 112 cm³/mol. The van der Waals surface area contributed by atoms with Crippen molar-refractivity contribution < 1.29 is 4.74 Å². The highest BCUT2D eigenvalue weighted by Crippen LogP contribution is 2.30. The molecule has 0 saturated carbocycles. The first-order valence-corrected chi connectivity index (χ1v) is 9.92. The fourth-order valence-electron chi connectivity index (χ4n) is 3.11. The van der Waals surface area contributed by atoms with E-state index >= 15 is 0 Å². The first-order valence-electron chi connectivity index (χ1n) is 9.04. The second-order valence-electron chi connectivity index (χ2n) is 6.36. The van der Waals surface area contributed by atoms with Gasteiger partial charge in [-0.25, -0.2) is 9.97 Å². The van der Waals surface area contributed by atoms with Gasteiger partial charge < -0.3 is 14.6 Å². The molecule has 138 valence electrons. The Kier molecular flexibility index (Phi) is 5.07. The molecule has 0 aliphatic rings. The molecule has 0 spiro atoms. The number of hydrogen-bond donors (Lipinski definition) is 1. The molecule has 0 atom stereocenters. The van der Waals surface area contributed by atoms with Crippen LogP contribution in [0.2, 0.25) is 0 Å². The Balaban J connectivity index is 1.40. The van der Waals surface area contributed by atoms with Crippen LogP contribution in [-0.2, 0) is 13.5 Å². The Morgan fingerprint density at radius 3 is 2.96 bits per heavy atom. The van der Waals surface area contributed by atoms with Crippen LogP contribution in [0.1, 0.15) is 12.5 Å². The van der Waals surface area contributed by atoms with Crippen molar-refractivity contribution in [3.8, 4) is 16.3 Å². The summed E-state index contributed by atoms with van der Waals surface area (Å²) in [6.07, 6.45) is 4.64. The molecule has 0 aliphatic heterocycles. The van der Waals surface area contributed by atoms with Crippen molar-refractivity contribution in [2.24, 2.45) is 7.05 Å². The highest BCUT2D eigenvalue weighted by atomic mass is 32.1. The van der Waals surface area contributed by atoms with Crippen LogP contribution < -0.4 is 10.1 Å². The molecule has 6 heteroatoms. The lowest BCUT2D eigenvalue weighted by atomic mass is 10.1. The van der Waals surface area contributed by atoms with Crippen LogP contribution in [-0.4, -0.2) is 27.7 Å². The van der Waals surface area contributed by atoms with Gasteiger partial charge in [0.1, 0.15) is 17.9 Å². The zero-order valence-corrected chi connectivity index (χ0v) is 16.3. The lowest BCUT2D eigenvalue weighted by molar-refractivity contribution is 0.342. The average molecular weight is 379 g/mol. The van der Waals surface area contributed by atoms with Gasteiger partial charge >= 0.3 is 0 Å². The third-order valence-corrected chi connectivity index (χ3v) is 5.41. The summed E-state index contributed by atoms with van der Waals surface area (Å²) in [7, 11) is 2.07. The van der Waals surface area contributed by atoms with Crippen LogP contribution in [0.3, 0.4) is 0 Å². The van der Waals surface area contributed by atoms with E-state index in [1.165, 1.54) is 16.5 Å². The summed E-state index contributed by atoms with van der Waals surface area (Å²) >= 11 is 1.63. The largest absolute Gasteiger partial charge is 0.493 e. The lowest BCUT2D eigenvalue weighted by Gasteiger charge is -2.07. The van der Waals surface area contributed by atoms with Crippen molar-refractivity contribution in [1.82, 2.24) is 14.5 Å². The van der Waals surface area contributed by atoms with Gasteiger partial charge in [-0.2, -0.15) is 0 Å². The fraction of sp³-hybridized carbons (Fsp3) is 0.238. The topological polar surface area (TPSA) is 52.0 Å². The number of thiophene rings is 1. The number of benzene rings is 1. The van der Waals surface area contributed by atoms with Gasteiger partial charge in [0.05, 0.1) is 17.2 Å². The summed E-state index contributed by atoms with van der Waals surface area (Å²) in [5.74, 6) is 1.73. The standard InChI is InChI=1S/C21H22N4OS/c1-3-26-17-11-20(27-13-17)18-12-21(24-14-23-18)22-8-6-15-4-5-19-16(10-15)7-9-25(19)2/h4-5,7,9-14H,3,6,8H2,1-2H3,(H,22,23,24). The van der Waals surface area contributed by atoms with Crippen molar-refractivity contribution in [2.45, 2.75) is 13.3 Å². The van der Waals surface area contributed by atoms with E-state index in [1.54, 1.807) is 17.7 Å². The van der Waals surface area contributed by atoms with Crippen LogP contribution in [0.4, 0.5) is 5.82 Å². The van der Waals surface area contributed by atoms with E-state index in [9.17, 15) is 0 Å². The van der Waals surface area contributed by atoms with E-state index in [4.69, 9.17) is 4.74 Å². The molecule has 0 amide bonds. The molecule has 1 N–H and O–H groups in total. The number of nitrogens with zero attached hydrogens (tertiary/aromatic N) is 3. The van der Waals surface area contributed by atoms with E-state index in [0.29, 0.717) is 6.61 Å². The van der Waals surface area contributed by atoms with Gasteiger partial charge in [-0.05, 0) is 42.5 Å². The van der Waals surface area contributed by atoms with Crippen LogP contribution >= 0.6 is 11.3 Å². The van der Waals surface area contributed by atoms with Gasteiger partial charge in [0.2, 0.25) is 0 Å². The Hall–Kier alpha value is -2.86. The van der Waals surface area contributed by atoms with Crippen LogP contribution in [0.15, 0.2) is 54.3 Å². The number of fused-ring (bicyclic) bond motifs is 1. The van der Waals surface area contributed by atoms with E-state index in [1.807, 2.05) is 24.4 Å². The molecule has 1 aromatic carbocycles. The van der Waals surface area contributed by atoms with Crippen molar-refractivity contribution in [2.75, 3.05) is 18.5 Å². The molecular formula is C21H22N4OS. The Bertz CT molecular complexity index is 1050. The van der Waals surface area contributed by atoms with E-state index < -0.39 is 0 Å². The summed E-state index contributed by atoms with van der Waals surface area (Å²) in [6.45, 7) is 3.48. The number of anilines is 1. The molecule has 0 fully saturated rings. The van der Waals surface area contributed by atoms with E-state index in [0.717, 1.165) is 35.1 Å². The first-order chi connectivity index (χ1) is 13.2. The van der Waals surface area contributed by atoms with E-state index in [-0.39, 0.29) is 0 Å². The molecule has 5 nitrogen and oxygen atoms in total. The molecule has 4 aromatic rings. The molecule has 0 aliphatic carbocycles. The van der Waals surface area contributed by atoms with Crippen LogP contribution in [0.25, 0.3) is 21.5 Å². The molecule has 27 heavy (non-hydrogen) atoms. The number of ether oxygens (including phenoxy) is 1. The molecule has 0 radical (unpaired) electrons. The number of rotatable bonds is 7. The summed E-state index contributed by atoms with van der Waals surface area (Å²) in [5.41, 5.74) is 3.48. The van der Waals surface area contributed by atoms with Gasteiger partial charge in [0, 0.05) is 42.8 Å². The minimum Gasteiger partial charge on any atom is -0.493 e. The highest BCUT2D eigenvalue weighted by molar-refractivity contribution is 7.13. The zero-order chi connectivity index (χ0) is 18.6. The smallest absolute Gasteiger partial charge is 0.130 e. The normalized spacial score (nSPS) is 11.0. The Morgan fingerprint density at radius 2 is 2.07 bits per heavy atom. The SMILES string of the molecule is CCOc1csc(-c2cc(NCCc3ccc4c(ccn4C)c3)ncn2)c1. The molecule has 0 unspecified atom stereocenters. The molecule has 4 rings (SSSR count). The summed E-state index contributed by atoms with van der Waals surface area (Å²) in [4.78, 5) is 9.81. The molecular weight excluding hydrogens is 356 g/mol. The summed E-state index contributed by atoms with van der Waals surface area (Å²) < 4.78 is 7.67. The van der Waals surface area contributed by atoms with Crippen LogP contribution in [0.5, 0.6) is 5.75 Å². The summed E-state index contributed by atoms with van der Waals surface area (Å²) in [5, 5.41) is 6.69. The van der Waals surface area contributed by atoms with Crippen molar-refractivity contribution in [3.05, 3.63) is 59.9 Å². The zero-order valence-electron chi connectivity index (χ0n) is 15.5. The van der Waals surface area contributed by atoms with Gasteiger partial charge in [-0.1, -0.05) is 6.07 Å². The van der Waals surface area contributed by atoms with Crippen molar-refractivity contribution in [1.29, 1.82) is 0 Å². The predicted octanol–water partition coefficient (Wildman–Crippen LogP) is 4.75. The second kappa shape index (κ2) is 7.80. The molecule has 0 bridgehead atoms. The van der Waals surface area contributed by atoms with Gasteiger partial charge in [-0.15, -0.1) is 11.3 Å². The number of aryl methyl sites for hydroxylation is 1. The number of nitrogens with one attached hydrogen (secondary N) is 1. The molecule has 3 aromatic heterocycles. The third-order valence-electron chi connectivity index (χ3n) is 4.48. The Morgan fingerprint density at radius 1 is 1.15 bits per heavy atom. The maximum atomic E-state index is 5.53.